The molecular weight excluding hydrogens is 502 g/mol. The number of nitrogens with one attached hydrogen (secondary N) is 1. The van der Waals surface area contributed by atoms with Crippen LogP contribution in [0.5, 0.6) is 11.5 Å². The van der Waals surface area contributed by atoms with Crippen molar-refractivity contribution in [3.8, 4) is 11.5 Å². The Balaban J connectivity index is 1.47. The second-order valence-electron chi connectivity index (χ2n) is 10.4. The van der Waals surface area contributed by atoms with Crippen molar-refractivity contribution in [3.05, 3.63) is 119 Å². The van der Waals surface area contributed by atoms with Crippen molar-refractivity contribution < 1.29 is 23.8 Å². The highest BCUT2D eigenvalue weighted by molar-refractivity contribution is 6.04. The van der Waals surface area contributed by atoms with E-state index in [0.717, 1.165) is 16.8 Å². The summed E-state index contributed by atoms with van der Waals surface area (Å²) in [6, 6.07) is 27.2. The Labute approximate surface area is 235 Å². The van der Waals surface area contributed by atoms with Crippen molar-refractivity contribution in [2.75, 3.05) is 13.2 Å². The van der Waals surface area contributed by atoms with Crippen LogP contribution in [-0.2, 0) is 14.3 Å². The summed E-state index contributed by atoms with van der Waals surface area (Å²) in [7, 11) is 0. The SMILES string of the molecule is CC1=C(C(=O)OCCOc2ccccc2)[C@@H](c2ccccc2OC(C)C)C2=C(C[C@@H](c3ccccc3)CC2=O)N1. The van der Waals surface area contributed by atoms with Gasteiger partial charge in [-0.05, 0) is 56.9 Å². The molecule has 0 saturated carbocycles. The molecule has 206 valence electrons. The Morgan fingerprint density at radius 2 is 1.57 bits per heavy atom. The number of hydrogen-bond donors (Lipinski definition) is 1. The lowest BCUT2D eigenvalue weighted by molar-refractivity contribution is -0.140. The van der Waals surface area contributed by atoms with E-state index < -0.39 is 11.9 Å². The van der Waals surface area contributed by atoms with Gasteiger partial charge in [0.15, 0.2) is 5.78 Å². The summed E-state index contributed by atoms with van der Waals surface area (Å²) in [6.45, 7) is 6.10. The minimum absolute atomic E-state index is 0.0252. The topological polar surface area (TPSA) is 73.9 Å². The molecule has 1 aliphatic carbocycles. The predicted molar refractivity (Wildman–Crippen MR) is 154 cm³/mol. The molecule has 2 aliphatic rings. The summed E-state index contributed by atoms with van der Waals surface area (Å²) in [5, 5.41) is 3.42. The van der Waals surface area contributed by atoms with Gasteiger partial charge in [0.25, 0.3) is 0 Å². The minimum Gasteiger partial charge on any atom is -0.491 e. The maximum atomic E-state index is 13.9. The fraction of sp³-hybridized carbons (Fsp3) is 0.294. The number of rotatable bonds is 9. The molecule has 3 aromatic rings. The molecule has 2 atom stereocenters. The summed E-state index contributed by atoms with van der Waals surface area (Å²) in [5.74, 6) is 0.381. The zero-order chi connectivity index (χ0) is 28.1. The molecule has 0 unspecified atom stereocenters. The molecule has 0 aromatic heterocycles. The molecule has 5 rings (SSSR count). The lowest BCUT2D eigenvalue weighted by atomic mass is 9.71. The lowest BCUT2D eigenvalue weighted by Gasteiger charge is -2.37. The average molecular weight is 538 g/mol. The highest BCUT2D eigenvalue weighted by Gasteiger charge is 2.42. The van der Waals surface area contributed by atoms with Crippen LogP contribution < -0.4 is 14.8 Å². The van der Waals surface area contributed by atoms with Crippen LogP contribution in [0.3, 0.4) is 0 Å². The molecule has 0 spiro atoms. The van der Waals surface area contributed by atoms with Gasteiger partial charge in [-0.15, -0.1) is 0 Å². The van der Waals surface area contributed by atoms with Crippen LogP contribution >= 0.6 is 0 Å². The normalized spacial score (nSPS) is 18.8. The minimum atomic E-state index is -0.599. The van der Waals surface area contributed by atoms with Crippen LogP contribution in [0.4, 0.5) is 0 Å². The maximum absolute atomic E-state index is 13.9. The molecular formula is C34H35NO5. The fourth-order valence-corrected chi connectivity index (χ4v) is 5.55. The van der Waals surface area contributed by atoms with Crippen molar-refractivity contribution >= 4 is 11.8 Å². The van der Waals surface area contributed by atoms with Gasteiger partial charge in [-0.2, -0.15) is 0 Å². The quantitative estimate of drug-likeness (QED) is 0.250. The van der Waals surface area contributed by atoms with E-state index in [1.807, 2.05) is 93.6 Å². The van der Waals surface area contributed by atoms with Crippen LogP contribution in [0.2, 0.25) is 0 Å². The van der Waals surface area contributed by atoms with Crippen molar-refractivity contribution in [1.29, 1.82) is 0 Å². The highest BCUT2D eigenvalue weighted by atomic mass is 16.6. The number of benzene rings is 3. The monoisotopic (exact) mass is 537 g/mol. The maximum Gasteiger partial charge on any atom is 0.336 e. The standard InChI is InChI=1S/C34H35NO5/c1-22(2)40-30-17-11-10-16-27(30)32-31(34(37)39-19-18-38-26-14-8-5-9-15-26)23(3)35-28-20-25(21-29(36)33(28)32)24-12-6-4-7-13-24/h4-17,22,25,32,35H,18-21H2,1-3H3/t25-,32-/m1/s1. The van der Waals surface area contributed by atoms with Crippen LogP contribution in [0.15, 0.2) is 107 Å². The number of Topliss-reactive ketones (excluding diaryl/α,β-unsaturated/α-hetero) is 1. The Hall–Kier alpha value is -4.32. The lowest BCUT2D eigenvalue weighted by Crippen LogP contribution is -2.36. The van der Waals surface area contributed by atoms with E-state index in [0.29, 0.717) is 41.2 Å². The van der Waals surface area contributed by atoms with Gasteiger partial charge in [0.1, 0.15) is 24.7 Å². The second-order valence-corrected chi connectivity index (χ2v) is 10.4. The number of esters is 1. The number of carbonyl (C=O) groups excluding carboxylic acids is 2. The first-order chi connectivity index (χ1) is 19.4. The number of dihydropyridines is 1. The molecule has 1 N–H and O–H groups in total. The fourth-order valence-electron chi connectivity index (χ4n) is 5.55. The second kappa shape index (κ2) is 12.2. The van der Waals surface area contributed by atoms with E-state index in [1.54, 1.807) is 0 Å². The van der Waals surface area contributed by atoms with Gasteiger partial charge in [-0.3, -0.25) is 4.79 Å². The summed E-state index contributed by atoms with van der Waals surface area (Å²) < 4.78 is 17.6. The van der Waals surface area contributed by atoms with E-state index in [-0.39, 0.29) is 31.0 Å². The zero-order valence-corrected chi connectivity index (χ0v) is 23.2. The molecule has 0 saturated heterocycles. The molecule has 1 heterocycles. The Kier molecular flexibility index (Phi) is 8.34. The smallest absolute Gasteiger partial charge is 0.336 e. The molecule has 1 aliphatic heterocycles. The third-order valence-corrected chi connectivity index (χ3v) is 7.24. The Morgan fingerprint density at radius 3 is 2.30 bits per heavy atom. The molecule has 6 nitrogen and oxygen atoms in total. The van der Waals surface area contributed by atoms with Gasteiger partial charge in [0.2, 0.25) is 0 Å². The summed E-state index contributed by atoms with van der Waals surface area (Å²) >= 11 is 0. The van der Waals surface area contributed by atoms with Crippen molar-refractivity contribution in [1.82, 2.24) is 5.32 Å². The highest BCUT2D eigenvalue weighted by Crippen LogP contribution is 2.47. The van der Waals surface area contributed by atoms with Crippen molar-refractivity contribution in [3.63, 3.8) is 0 Å². The third kappa shape index (κ3) is 5.96. The molecule has 40 heavy (non-hydrogen) atoms. The third-order valence-electron chi connectivity index (χ3n) is 7.24. The van der Waals surface area contributed by atoms with E-state index >= 15 is 0 Å². The molecule has 0 amide bonds. The number of para-hydroxylation sites is 2. The van der Waals surface area contributed by atoms with Gasteiger partial charge in [0, 0.05) is 29.0 Å². The average Bonchev–Trinajstić information content (AvgIpc) is 2.95. The molecule has 0 fully saturated rings. The van der Waals surface area contributed by atoms with Crippen molar-refractivity contribution in [2.45, 2.75) is 51.6 Å². The van der Waals surface area contributed by atoms with Gasteiger partial charge in [0.05, 0.1) is 17.6 Å². The number of allylic oxidation sites excluding steroid dienone is 3. The zero-order valence-electron chi connectivity index (χ0n) is 23.2. The number of carbonyl (C=O) groups is 2. The van der Waals surface area contributed by atoms with Crippen LogP contribution in [-0.4, -0.2) is 31.1 Å². The molecule has 0 bridgehead atoms. The van der Waals surface area contributed by atoms with E-state index in [4.69, 9.17) is 14.2 Å². The molecule has 0 radical (unpaired) electrons. The first-order valence-corrected chi connectivity index (χ1v) is 13.8. The van der Waals surface area contributed by atoms with Crippen molar-refractivity contribution in [2.24, 2.45) is 0 Å². The summed E-state index contributed by atoms with van der Waals surface area (Å²) in [6.07, 6.45) is 0.983. The largest absolute Gasteiger partial charge is 0.491 e. The van der Waals surface area contributed by atoms with E-state index in [9.17, 15) is 9.59 Å². The summed E-state index contributed by atoms with van der Waals surface area (Å²) in [4.78, 5) is 27.5. The van der Waals surface area contributed by atoms with Crippen LogP contribution in [0, 0.1) is 0 Å². The first-order valence-electron chi connectivity index (χ1n) is 13.8. The number of ketones is 1. The van der Waals surface area contributed by atoms with E-state index in [1.165, 1.54) is 0 Å². The van der Waals surface area contributed by atoms with Gasteiger partial charge >= 0.3 is 5.97 Å². The predicted octanol–water partition coefficient (Wildman–Crippen LogP) is 6.46. The van der Waals surface area contributed by atoms with Gasteiger partial charge in [-0.1, -0.05) is 66.7 Å². The first kappa shape index (κ1) is 27.3. The Morgan fingerprint density at radius 1 is 0.900 bits per heavy atom. The number of hydrogen-bond acceptors (Lipinski definition) is 6. The molecule has 6 heteroatoms. The van der Waals surface area contributed by atoms with E-state index in [2.05, 4.69) is 17.4 Å². The van der Waals surface area contributed by atoms with Gasteiger partial charge in [-0.25, -0.2) is 4.79 Å². The number of ether oxygens (including phenoxy) is 3. The van der Waals surface area contributed by atoms with Crippen LogP contribution in [0.25, 0.3) is 0 Å². The Bertz CT molecular complexity index is 1420. The summed E-state index contributed by atoms with van der Waals surface area (Å²) in [5.41, 5.74) is 4.49. The van der Waals surface area contributed by atoms with Gasteiger partial charge < -0.3 is 19.5 Å². The molecule has 3 aromatic carbocycles. The van der Waals surface area contributed by atoms with Crippen LogP contribution in [0.1, 0.15) is 56.6 Å².